The van der Waals surface area contributed by atoms with E-state index in [0.29, 0.717) is 22.5 Å². The molecule has 0 aliphatic carbocycles. The molecule has 0 aliphatic rings. The van der Waals surface area contributed by atoms with Crippen LogP contribution in [0.2, 0.25) is 0 Å². The van der Waals surface area contributed by atoms with Crippen molar-refractivity contribution in [3.63, 3.8) is 0 Å². The number of aromatic nitrogens is 2. The van der Waals surface area contributed by atoms with E-state index < -0.39 is 15.9 Å². The van der Waals surface area contributed by atoms with Crippen LogP contribution < -0.4 is 14.8 Å². The highest BCUT2D eigenvalue weighted by atomic mass is 32.2. The maximum atomic E-state index is 12.5. The normalized spacial score (nSPS) is 11.2. The van der Waals surface area contributed by atoms with Crippen LogP contribution in [0.4, 0.5) is 5.69 Å². The first-order chi connectivity index (χ1) is 14.2. The van der Waals surface area contributed by atoms with Gasteiger partial charge in [0, 0.05) is 16.8 Å². The average molecular weight is 428 g/mol. The number of rotatable bonds is 7. The first-order valence-corrected chi connectivity index (χ1v) is 10.3. The highest BCUT2D eigenvalue weighted by molar-refractivity contribution is 7.89. The molecule has 2 aromatic carbocycles. The first kappa shape index (κ1) is 21.2. The average Bonchev–Trinajstić information content (AvgIpc) is 3.24. The van der Waals surface area contributed by atoms with Crippen LogP contribution in [0.3, 0.4) is 0 Å². The van der Waals surface area contributed by atoms with Gasteiger partial charge >= 0.3 is 0 Å². The van der Waals surface area contributed by atoms with Crippen molar-refractivity contribution < 1.29 is 22.7 Å². The van der Waals surface area contributed by atoms with Crippen LogP contribution in [0.25, 0.3) is 11.3 Å². The summed E-state index contributed by atoms with van der Waals surface area (Å²) in [7, 11) is -1.07. The van der Waals surface area contributed by atoms with Crippen LogP contribution in [-0.4, -0.2) is 44.5 Å². The van der Waals surface area contributed by atoms with E-state index in [1.54, 1.807) is 30.3 Å². The Balaban J connectivity index is 1.87. The van der Waals surface area contributed by atoms with Gasteiger partial charge in [-0.15, -0.1) is 0 Å². The van der Waals surface area contributed by atoms with E-state index in [9.17, 15) is 18.0 Å². The topological polar surface area (TPSA) is 130 Å². The molecule has 0 spiro atoms. The van der Waals surface area contributed by atoms with Gasteiger partial charge in [0.2, 0.25) is 10.0 Å². The SMILES string of the molecule is CNS(=O)(=O)c1cc(-c2cc(C(=O)Nc3cccc(C(C)=O)c3)[nH]n2)ccc1OC. The van der Waals surface area contributed by atoms with Crippen molar-refractivity contribution in [2.45, 2.75) is 11.8 Å². The highest BCUT2D eigenvalue weighted by Crippen LogP contribution is 2.29. The summed E-state index contributed by atoms with van der Waals surface area (Å²) in [5, 5.41) is 9.43. The van der Waals surface area contributed by atoms with Crippen molar-refractivity contribution in [2.24, 2.45) is 0 Å². The number of ether oxygens (including phenoxy) is 1. The van der Waals surface area contributed by atoms with Crippen molar-refractivity contribution >= 4 is 27.4 Å². The molecule has 1 heterocycles. The second-order valence-electron chi connectivity index (χ2n) is 6.33. The van der Waals surface area contributed by atoms with E-state index in [0.717, 1.165) is 0 Å². The molecule has 3 aromatic rings. The van der Waals surface area contributed by atoms with Gasteiger partial charge in [0.1, 0.15) is 16.3 Å². The Kier molecular flexibility index (Phi) is 5.99. The molecule has 0 unspecified atom stereocenters. The molecule has 0 saturated carbocycles. The number of anilines is 1. The van der Waals surface area contributed by atoms with Gasteiger partial charge in [-0.1, -0.05) is 12.1 Å². The summed E-state index contributed by atoms with van der Waals surface area (Å²) in [4.78, 5) is 24.0. The summed E-state index contributed by atoms with van der Waals surface area (Å²) in [6, 6.07) is 12.7. The van der Waals surface area contributed by atoms with Gasteiger partial charge in [-0.3, -0.25) is 14.7 Å². The number of sulfonamides is 1. The van der Waals surface area contributed by atoms with Crippen molar-refractivity contribution in [3.8, 4) is 17.0 Å². The molecule has 3 N–H and O–H groups in total. The molecule has 0 bridgehead atoms. The van der Waals surface area contributed by atoms with Gasteiger partial charge < -0.3 is 10.1 Å². The van der Waals surface area contributed by atoms with Gasteiger partial charge in [0.05, 0.1) is 12.8 Å². The molecule has 9 nitrogen and oxygen atoms in total. The number of aromatic amines is 1. The molecule has 0 fully saturated rings. The van der Waals surface area contributed by atoms with Crippen molar-refractivity contribution in [2.75, 3.05) is 19.5 Å². The minimum absolute atomic E-state index is 0.0416. The Labute approximate surface area is 173 Å². The zero-order chi connectivity index (χ0) is 21.9. The number of methoxy groups -OCH3 is 1. The molecule has 0 saturated heterocycles. The standard InChI is InChI=1S/C20H20N4O5S/c1-12(25)13-5-4-6-15(9-13)22-20(26)17-11-16(23-24-17)14-7-8-18(29-3)19(10-14)30(27,28)21-2/h4-11,21H,1-3H3,(H,22,26)(H,23,24). The van der Waals surface area contributed by atoms with Crippen LogP contribution in [0.15, 0.2) is 53.4 Å². The highest BCUT2D eigenvalue weighted by Gasteiger charge is 2.20. The number of carbonyl (C=O) groups is 2. The summed E-state index contributed by atoms with van der Waals surface area (Å²) >= 11 is 0. The van der Waals surface area contributed by atoms with Gasteiger partial charge in [-0.25, -0.2) is 13.1 Å². The lowest BCUT2D eigenvalue weighted by atomic mass is 10.1. The molecule has 10 heteroatoms. The third-order valence-corrected chi connectivity index (χ3v) is 5.80. The second-order valence-corrected chi connectivity index (χ2v) is 8.19. The number of hydrogen-bond donors (Lipinski definition) is 3. The molecule has 1 amide bonds. The Morgan fingerprint density at radius 1 is 1.10 bits per heavy atom. The van der Waals surface area contributed by atoms with E-state index in [2.05, 4.69) is 20.2 Å². The number of ketones is 1. The maximum Gasteiger partial charge on any atom is 0.273 e. The summed E-state index contributed by atoms with van der Waals surface area (Å²) in [6.07, 6.45) is 0. The van der Waals surface area contributed by atoms with E-state index in [1.807, 2.05) is 0 Å². The van der Waals surface area contributed by atoms with Crippen molar-refractivity contribution in [1.29, 1.82) is 0 Å². The minimum Gasteiger partial charge on any atom is -0.495 e. The van der Waals surface area contributed by atoms with Crippen LogP contribution in [-0.2, 0) is 10.0 Å². The number of Topliss-reactive ketones (excluding diaryl/α,β-unsaturated/α-hetero) is 1. The Morgan fingerprint density at radius 3 is 2.53 bits per heavy atom. The Hall–Kier alpha value is -3.50. The van der Waals surface area contributed by atoms with Crippen LogP contribution in [0, 0.1) is 0 Å². The maximum absolute atomic E-state index is 12.5. The van der Waals surface area contributed by atoms with Gasteiger partial charge in [-0.2, -0.15) is 5.10 Å². The summed E-state index contributed by atoms with van der Waals surface area (Å²) in [5.74, 6) is -0.375. The minimum atomic E-state index is -3.75. The fourth-order valence-corrected chi connectivity index (χ4v) is 3.67. The zero-order valence-electron chi connectivity index (χ0n) is 16.5. The molecule has 156 valence electrons. The van der Waals surface area contributed by atoms with E-state index in [4.69, 9.17) is 4.74 Å². The summed E-state index contributed by atoms with van der Waals surface area (Å²) in [6.45, 7) is 1.44. The molecule has 30 heavy (non-hydrogen) atoms. The number of hydrogen-bond acceptors (Lipinski definition) is 6. The van der Waals surface area contributed by atoms with Crippen LogP contribution >= 0.6 is 0 Å². The smallest absolute Gasteiger partial charge is 0.273 e. The fourth-order valence-electron chi connectivity index (χ4n) is 2.76. The lowest BCUT2D eigenvalue weighted by Gasteiger charge is -2.09. The van der Waals surface area contributed by atoms with Gasteiger partial charge in [-0.05, 0) is 50.4 Å². The van der Waals surface area contributed by atoms with E-state index in [1.165, 1.54) is 39.3 Å². The van der Waals surface area contributed by atoms with Gasteiger partial charge in [0.25, 0.3) is 5.91 Å². The number of H-pyrrole nitrogens is 1. The van der Waals surface area contributed by atoms with E-state index in [-0.39, 0.29) is 22.1 Å². The quantitative estimate of drug-likeness (QED) is 0.496. The van der Waals surface area contributed by atoms with Crippen LogP contribution in [0.5, 0.6) is 5.75 Å². The molecule has 3 rings (SSSR count). The summed E-state index contributed by atoms with van der Waals surface area (Å²) in [5.41, 5.74) is 1.99. The zero-order valence-corrected chi connectivity index (χ0v) is 17.3. The largest absolute Gasteiger partial charge is 0.495 e. The van der Waals surface area contributed by atoms with Crippen molar-refractivity contribution in [3.05, 3.63) is 59.8 Å². The first-order valence-electron chi connectivity index (χ1n) is 8.85. The van der Waals surface area contributed by atoms with Gasteiger partial charge in [0.15, 0.2) is 5.78 Å². The number of carbonyl (C=O) groups excluding carboxylic acids is 2. The third kappa shape index (κ3) is 4.39. The number of amides is 1. The number of nitrogens with one attached hydrogen (secondary N) is 3. The molecule has 0 atom stereocenters. The predicted molar refractivity (Wildman–Crippen MR) is 111 cm³/mol. The molecular formula is C20H20N4O5S. The lowest BCUT2D eigenvalue weighted by Crippen LogP contribution is -2.19. The molecule has 0 radical (unpaired) electrons. The van der Waals surface area contributed by atoms with Crippen molar-refractivity contribution in [1.82, 2.24) is 14.9 Å². The number of benzene rings is 2. The Bertz CT molecular complexity index is 1220. The monoisotopic (exact) mass is 428 g/mol. The fraction of sp³-hybridized carbons (Fsp3) is 0.150. The molecule has 1 aromatic heterocycles. The van der Waals surface area contributed by atoms with Crippen LogP contribution in [0.1, 0.15) is 27.8 Å². The molecular weight excluding hydrogens is 408 g/mol. The summed E-state index contributed by atoms with van der Waals surface area (Å²) < 4.78 is 31.9. The second kappa shape index (κ2) is 8.47. The molecule has 0 aliphatic heterocycles. The number of nitrogens with zero attached hydrogens (tertiary/aromatic N) is 1. The van der Waals surface area contributed by atoms with E-state index >= 15 is 0 Å². The predicted octanol–water partition coefficient (Wildman–Crippen LogP) is 2.45. The lowest BCUT2D eigenvalue weighted by molar-refractivity contribution is 0.100. The third-order valence-electron chi connectivity index (χ3n) is 4.37. The Morgan fingerprint density at radius 2 is 1.87 bits per heavy atom.